The molecule has 2 heterocycles. The SMILES string of the molecule is CS[C@@H]1OC(CO)[C@@H](O)[C@H](O)C1N1C(=O)c2ccccc2C1=O. The maximum Gasteiger partial charge on any atom is 0.262 e. The number of carbonyl (C=O) groups excluding carboxylic acids is 2. The van der Waals surface area contributed by atoms with E-state index >= 15 is 0 Å². The Morgan fingerprint density at radius 3 is 2.17 bits per heavy atom. The zero-order valence-electron chi connectivity index (χ0n) is 12.3. The van der Waals surface area contributed by atoms with E-state index in [1.54, 1.807) is 30.5 Å². The Hall–Kier alpha value is -1.45. The molecule has 1 saturated heterocycles. The first-order valence-corrected chi connectivity index (χ1v) is 8.42. The summed E-state index contributed by atoms with van der Waals surface area (Å²) in [5.41, 5.74) is -0.209. The summed E-state index contributed by atoms with van der Waals surface area (Å²) in [5.74, 6) is -1.04. The molecule has 8 heteroatoms. The Kier molecular flexibility index (Phi) is 4.43. The largest absolute Gasteiger partial charge is 0.394 e. The molecule has 0 aromatic heterocycles. The summed E-state index contributed by atoms with van der Waals surface area (Å²) < 4.78 is 5.54. The van der Waals surface area contributed by atoms with Crippen LogP contribution in [0.2, 0.25) is 0 Å². The van der Waals surface area contributed by atoms with Gasteiger partial charge in [0.2, 0.25) is 0 Å². The number of amides is 2. The number of hydrogen-bond donors (Lipinski definition) is 3. The van der Waals surface area contributed by atoms with Crippen molar-refractivity contribution in [3.05, 3.63) is 35.4 Å². The van der Waals surface area contributed by atoms with E-state index in [2.05, 4.69) is 0 Å². The van der Waals surface area contributed by atoms with Gasteiger partial charge >= 0.3 is 0 Å². The molecule has 2 unspecified atom stereocenters. The number of ether oxygens (including phenoxy) is 1. The molecule has 0 saturated carbocycles. The molecule has 2 aliphatic heterocycles. The van der Waals surface area contributed by atoms with Crippen LogP contribution in [-0.4, -0.2) is 74.7 Å². The molecular weight excluding hydrogens is 322 g/mol. The second-order valence-electron chi connectivity index (χ2n) is 5.46. The Bertz CT molecular complexity index is 601. The minimum Gasteiger partial charge on any atom is -0.394 e. The summed E-state index contributed by atoms with van der Waals surface area (Å²) in [7, 11) is 0. The number of nitrogens with zero attached hydrogens (tertiary/aromatic N) is 1. The van der Waals surface area contributed by atoms with Crippen molar-refractivity contribution >= 4 is 23.6 Å². The van der Waals surface area contributed by atoms with Crippen molar-refractivity contribution in [2.45, 2.75) is 29.8 Å². The van der Waals surface area contributed by atoms with Crippen LogP contribution >= 0.6 is 11.8 Å². The fraction of sp³-hybridized carbons (Fsp3) is 0.467. The van der Waals surface area contributed by atoms with Crippen molar-refractivity contribution < 1.29 is 29.6 Å². The second kappa shape index (κ2) is 6.21. The van der Waals surface area contributed by atoms with Crippen molar-refractivity contribution in [1.82, 2.24) is 4.90 Å². The third-order valence-electron chi connectivity index (χ3n) is 4.20. The van der Waals surface area contributed by atoms with Gasteiger partial charge in [-0.1, -0.05) is 12.1 Å². The molecule has 23 heavy (non-hydrogen) atoms. The standard InChI is InChI=1S/C15H17NO6S/c1-23-15-10(12(19)11(18)9(6-17)22-15)16-13(20)7-4-2-3-5-8(7)14(16)21/h2-5,9-12,15,17-19H,6H2,1H3/t9?,10?,11-,12-,15+/m1/s1. The number of benzene rings is 1. The van der Waals surface area contributed by atoms with Crippen LogP contribution in [-0.2, 0) is 4.74 Å². The van der Waals surface area contributed by atoms with Crippen LogP contribution in [0.15, 0.2) is 24.3 Å². The Morgan fingerprint density at radius 2 is 1.70 bits per heavy atom. The van der Waals surface area contributed by atoms with Crippen molar-refractivity contribution in [3.8, 4) is 0 Å². The molecule has 0 radical (unpaired) electrons. The number of fused-ring (bicyclic) bond motifs is 1. The van der Waals surface area contributed by atoms with Gasteiger partial charge in [0.25, 0.3) is 11.8 Å². The van der Waals surface area contributed by atoms with Crippen molar-refractivity contribution in [1.29, 1.82) is 0 Å². The summed E-state index contributed by atoms with van der Waals surface area (Å²) in [5, 5.41) is 29.7. The highest BCUT2D eigenvalue weighted by molar-refractivity contribution is 7.99. The Balaban J connectivity index is 1.97. The van der Waals surface area contributed by atoms with Crippen LogP contribution in [0.1, 0.15) is 20.7 Å². The van der Waals surface area contributed by atoms with E-state index in [1.807, 2.05) is 0 Å². The molecule has 2 aliphatic rings. The molecule has 5 atom stereocenters. The molecule has 3 N–H and O–H groups in total. The predicted molar refractivity (Wildman–Crippen MR) is 82.0 cm³/mol. The third-order valence-corrected chi connectivity index (χ3v) is 5.06. The molecule has 1 aromatic carbocycles. The summed E-state index contributed by atoms with van der Waals surface area (Å²) in [4.78, 5) is 26.1. The molecule has 7 nitrogen and oxygen atoms in total. The van der Waals surface area contributed by atoms with Crippen molar-refractivity contribution in [3.63, 3.8) is 0 Å². The van der Waals surface area contributed by atoms with Crippen LogP contribution in [0.4, 0.5) is 0 Å². The molecule has 124 valence electrons. The summed E-state index contributed by atoms with van der Waals surface area (Å²) in [6.07, 6.45) is -2.05. The van der Waals surface area contributed by atoms with E-state index in [4.69, 9.17) is 4.74 Å². The second-order valence-corrected chi connectivity index (χ2v) is 6.39. The highest BCUT2D eigenvalue weighted by atomic mass is 32.2. The zero-order valence-corrected chi connectivity index (χ0v) is 13.1. The van der Waals surface area contributed by atoms with E-state index in [0.717, 1.165) is 4.90 Å². The van der Waals surface area contributed by atoms with E-state index < -0.39 is 48.2 Å². The van der Waals surface area contributed by atoms with Gasteiger partial charge in [0.1, 0.15) is 29.8 Å². The van der Waals surface area contributed by atoms with Gasteiger partial charge in [-0.25, -0.2) is 0 Å². The molecule has 0 bridgehead atoms. The smallest absolute Gasteiger partial charge is 0.262 e. The number of aliphatic hydroxyl groups excluding tert-OH is 3. The summed E-state index contributed by atoms with van der Waals surface area (Å²) in [6.45, 7) is -0.468. The van der Waals surface area contributed by atoms with Gasteiger partial charge in [0, 0.05) is 0 Å². The van der Waals surface area contributed by atoms with Crippen LogP contribution in [0.5, 0.6) is 0 Å². The van der Waals surface area contributed by atoms with E-state index in [1.165, 1.54) is 11.8 Å². The summed E-state index contributed by atoms with van der Waals surface area (Å²) in [6, 6.07) is 5.38. The predicted octanol–water partition coefficient (Wildman–Crippen LogP) is -0.547. The monoisotopic (exact) mass is 339 g/mol. The van der Waals surface area contributed by atoms with Gasteiger partial charge in [-0.2, -0.15) is 0 Å². The lowest BCUT2D eigenvalue weighted by atomic mass is 9.97. The van der Waals surface area contributed by atoms with Crippen LogP contribution in [0.25, 0.3) is 0 Å². The van der Waals surface area contributed by atoms with Crippen molar-refractivity contribution in [2.75, 3.05) is 12.9 Å². The normalized spacial score (nSPS) is 33.9. The van der Waals surface area contributed by atoms with Crippen LogP contribution < -0.4 is 0 Å². The average Bonchev–Trinajstić information content (AvgIpc) is 2.82. The molecule has 1 fully saturated rings. The van der Waals surface area contributed by atoms with Gasteiger partial charge < -0.3 is 20.1 Å². The van der Waals surface area contributed by atoms with Crippen molar-refractivity contribution in [2.24, 2.45) is 0 Å². The molecule has 2 amide bonds. The first-order valence-electron chi connectivity index (χ1n) is 7.13. The van der Waals surface area contributed by atoms with Gasteiger partial charge in [0.05, 0.1) is 17.7 Å². The number of imide groups is 1. The Morgan fingerprint density at radius 1 is 1.13 bits per heavy atom. The maximum atomic E-state index is 12.6. The first-order chi connectivity index (χ1) is 11.0. The fourth-order valence-corrected chi connectivity index (χ4v) is 3.83. The van der Waals surface area contributed by atoms with E-state index in [9.17, 15) is 24.9 Å². The van der Waals surface area contributed by atoms with Crippen LogP contribution in [0, 0.1) is 0 Å². The van der Waals surface area contributed by atoms with Gasteiger partial charge in [-0.15, -0.1) is 11.8 Å². The first kappa shape index (κ1) is 16.4. The maximum absolute atomic E-state index is 12.6. The number of aliphatic hydroxyl groups is 3. The van der Waals surface area contributed by atoms with Gasteiger partial charge in [-0.05, 0) is 18.4 Å². The zero-order chi connectivity index (χ0) is 16.7. The third kappa shape index (κ3) is 2.47. The fourth-order valence-electron chi connectivity index (χ4n) is 3.02. The van der Waals surface area contributed by atoms with Gasteiger partial charge in [0.15, 0.2) is 0 Å². The number of rotatable bonds is 3. The minimum absolute atomic E-state index is 0.267. The van der Waals surface area contributed by atoms with E-state index in [-0.39, 0.29) is 11.1 Å². The number of carbonyl (C=O) groups is 2. The van der Waals surface area contributed by atoms with Gasteiger partial charge in [-0.3, -0.25) is 14.5 Å². The Labute approximate surface area is 136 Å². The molecule has 1 aromatic rings. The number of hydrogen-bond acceptors (Lipinski definition) is 7. The lowest BCUT2D eigenvalue weighted by molar-refractivity contribution is -0.181. The summed E-state index contributed by atoms with van der Waals surface area (Å²) >= 11 is 1.20. The highest BCUT2D eigenvalue weighted by Gasteiger charge is 2.52. The average molecular weight is 339 g/mol. The number of thioether (sulfide) groups is 1. The topological polar surface area (TPSA) is 107 Å². The highest BCUT2D eigenvalue weighted by Crippen LogP contribution is 2.35. The molecule has 0 aliphatic carbocycles. The van der Waals surface area contributed by atoms with Crippen LogP contribution in [0.3, 0.4) is 0 Å². The lowest BCUT2D eigenvalue weighted by Gasteiger charge is -2.44. The molecule has 0 spiro atoms. The molecular formula is C15H17NO6S. The quantitative estimate of drug-likeness (QED) is 0.635. The lowest BCUT2D eigenvalue weighted by Crippen LogP contribution is -2.64. The minimum atomic E-state index is -1.40. The molecule has 3 rings (SSSR count). The van der Waals surface area contributed by atoms with E-state index in [0.29, 0.717) is 0 Å².